The molecule has 0 spiro atoms. The lowest BCUT2D eigenvalue weighted by atomic mass is 10.0. The zero-order chi connectivity index (χ0) is 69.6. The van der Waals surface area contributed by atoms with E-state index in [4.69, 9.17) is 37.0 Å². The zero-order valence-corrected chi connectivity index (χ0v) is 63.4. The Kier molecular flexibility index (Phi) is 63.1. The lowest BCUT2D eigenvalue weighted by molar-refractivity contribution is -0.161. The standard InChI is InChI=1S/C75H146O17P2/c1-65(2)51-43-35-27-20-15-11-9-10-12-17-23-31-39-47-55-72(77)85-61-70(91-74(79)57-49-41-32-24-18-14-13-16-21-28-36-44-52-66(3)4)63-89-93(81,82)87-59-69(76)60-88-94(83,84)90-64-71(62-86-73(78)56-48-40-34-26-30-38-46-54-68(7)8)92-75(80)58-50-42-33-25-19-22-29-37-45-53-67(5)6/h65-71,76H,9-64H2,1-8H3,(H,81,82)(H,83,84)/t69?,70-,71-/m1/s1. The number of aliphatic hydroxyl groups is 1. The van der Waals surface area contributed by atoms with Gasteiger partial charge in [-0.1, -0.05) is 325 Å². The molecule has 0 aromatic rings. The Balaban J connectivity index is 5.25. The minimum absolute atomic E-state index is 0.104. The van der Waals surface area contributed by atoms with Gasteiger partial charge in [-0.2, -0.15) is 0 Å². The van der Waals surface area contributed by atoms with Crippen LogP contribution in [0, 0.1) is 23.7 Å². The highest BCUT2D eigenvalue weighted by atomic mass is 31.2. The average molecular weight is 1380 g/mol. The molecule has 3 unspecified atom stereocenters. The minimum atomic E-state index is -4.96. The van der Waals surface area contributed by atoms with E-state index in [-0.39, 0.29) is 25.7 Å². The molecule has 0 aromatic carbocycles. The van der Waals surface area contributed by atoms with E-state index in [2.05, 4.69) is 55.4 Å². The first-order valence-electron chi connectivity index (χ1n) is 38.7. The minimum Gasteiger partial charge on any atom is -0.462 e. The van der Waals surface area contributed by atoms with Crippen molar-refractivity contribution in [1.29, 1.82) is 0 Å². The number of hydrogen-bond acceptors (Lipinski definition) is 15. The Morgan fingerprint density at radius 3 is 0.660 bits per heavy atom. The first-order chi connectivity index (χ1) is 45.1. The molecule has 0 aliphatic heterocycles. The van der Waals surface area contributed by atoms with Crippen LogP contribution in [0.4, 0.5) is 0 Å². The summed E-state index contributed by atoms with van der Waals surface area (Å²) < 4.78 is 68.5. The molecule has 0 fully saturated rings. The first-order valence-corrected chi connectivity index (χ1v) is 41.7. The normalized spacial score (nSPS) is 14.2. The fraction of sp³-hybridized carbons (Fsp3) is 0.947. The van der Waals surface area contributed by atoms with Gasteiger partial charge in [0.05, 0.1) is 26.4 Å². The van der Waals surface area contributed by atoms with Crippen molar-refractivity contribution in [2.24, 2.45) is 23.7 Å². The molecule has 0 radical (unpaired) electrons. The number of unbranched alkanes of at least 4 members (excludes halogenated alkanes) is 38. The molecule has 0 bridgehead atoms. The maximum absolute atomic E-state index is 13.1. The maximum atomic E-state index is 13.1. The molecule has 0 amide bonds. The van der Waals surface area contributed by atoms with Crippen molar-refractivity contribution in [3.63, 3.8) is 0 Å². The van der Waals surface area contributed by atoms with Crippen molar-refractivity contribution >= 4 is 39.5 Å². The number of aliphatic hydroxyl groups excluding tert-OH is 1. The highest BCUT2D eigenvalue weighted by molar-refractivity contribution is 7.47. The van der Waals surface area contributed by atoms with Crippen LogP contribution >= 0.6 is 15.6 Å². The molecule has 0 heterocycles. The number of carbonyl (C=O) groups excluding carboxylic acids is 4. The molecule has 0 aliphatic rings. The van der Waals surface area contributed by atoms with Crippen LogP contribution in [-0.4, -0.2) is 96.7 Å². The summed E-state index contributed by atoms with van der Waals surface area (Å²) in [5.74, 6) is 0.894. The van der Waals surface area contributed by atoms with E-state index < -0.39 is 97.5 Å². The van der Waals surface area contributed by atoms with Crippen molar-refractivity contribution in [3.8, 4) is 0 Å². The lowest BCUT2D eigenvalue weighted by Gasteiger charge is -2.21. The van der Waals surface area contributed by atoms with Crippen molar-refractivity contribution in [1.82, 2.24) is 0 Å². The molecule has 17 nitrogen and oxygen atoms in total. The fourth-order valence-corrected chi connectivity index (χ4v) is 13.0. The SMILES string of the molecule is CC(C)CCCCCCCCCCCCCCCCC(=O)OC[C@H](COP(=O)(O)OCC(O)COP(=O)(O)OC[C@@H](COC(=O)CCCCCCCCCC(C)C)OC(=O)CCCCCCCCCCCC(C)C)OC(=O)CCCCCCCCCCCCCCC(C)C. The van der Waals surface area contributed by atoms with Crippen LogP contribution in [0.15, 0.2) is 0 Å². The molecule has 5 atom stereocenters. The fourth-order valence-electron chi connectivity index (χ4n) is 11.4. The quantitative estimate of drug-likeness (QED) is 0.0222. The van der Waals surface area contributed by atoms with Gasteiger partial charge in [0, 0.05) is 25.7 Å². The van der Waals surface area contributed by atoms with E-state index in [1.807, 2.05) is 0 Å². The third kappa shape index (κ3) is 68.6. The molecule has 0 aromatic heterocycles. The summed E-state index contributed by atoms with van der Waals surface area (Å²) in [6.07, 6.45) is 48.6. The van der Waals surface area contributed by atoms with Gasteiger partial charge in [-0.05, 0) is 49.4 Å². The number of phosphoric ester groups is 2. The number of rotatable bonds is 72. The van der Waals surface area contributed by atoms with E-state index in [1.165, 1.54) is 173 Å². The second-order valence-corrected chi connectivity index (χ2v) is 31.9. The van der Waals surface area contributed by atoms with Crippen molar-refractivity contribution in [3.05, 3.63) is 0 Å². The number of ether oxygens (including phenoxy) is 4. The van der Waals surface area contributed by atoms with E-state index in [9.17, 15) is 43.2 Å². The molecular weight excluding hydrogens is 1230 g/mol. The van der Waals surface area contributed by atoms with Gasteiger partial charge in [0.15, 0.2) is 12.2 Å². The first kappa shape index (κ1) is 92.1. The van der Waals surface area contributed by atoms with E-state index in [0.717, 1.165) is 114 Å². The molecule has 19 heteroatoms. The van der Waals surface area contributed by atoms with Gasteiger partial charge < -0.3 is 33.8 Å². The molecule has 0 rings (SSSR count). The molecule has 3 N–H and O–H groups in total. The van der Waals surface area contributed by atoms with Gasteiger partial charge in [-0.3, -0.25) is 37.3 Å². The van der Waals surface area contributed by atoms with Crippen LogP contribution in [0.2, 0.25) is 0 Å². The summed E-state index contributed by atoms with van der Waals surface area (Å²) in [5, 5.41) is 10.6. The second-order valence-electron chi connectivity index (χ2n) is 28.9. The number of esters is 4. The predicted octanol–water partition coefficient (Wildman–Crippen LogP) is 21.7. The number of carbonyl (C=O) groups is 4. The van der Waals surface area contributed by atoms with Gasteiger partial charge in [-0.15, -0.1) is 0 Å². The third-order valence-electron chi connectivity index (χ3n) is 17.3. The van der Waals surface area contributed by atoms with Gasteiger partial charge in [0.25, 0.3) is 0 Å². The maximum Gasteiger partial charge on any atom is 0.472 e. The third-order valence-corrected chi connectivity index (χ3v) is 19.2. The summed E-state index contributed by atoms with van der Waals surface area (Å²) >= 11 is 0. The van der Waals surface area contributed by atoms with Crippen LogP contribution in [-0.2, 0) is 65.4 Å². The summed E-state index contributed by atoms with van der Waals surface area (Å²) in [7, 11) is -9.91. The number of hydrogen-bond donors (Lipinski definition) is 3. The van der Waals surface area contributed by atoms with Gasteiger partial charge >= 0.3 is 39.5 Å². The molecule has 0 saturated heterocycles. The van der Waals surface area contributed by atoms with Crippen LogP contribution in [0.3, 0.4) is 0 Å². The Hall–Kier alpha value is -1.94. The molecule has 94 heavy (non-hydrogen) atoms. The molecule has 558 valence electrons. The van der Waals surface area contributed by atoms with Crippen molar-refractivity contribution in [2.45, 2.75) is 395 Å². The summed E-state index contributed by atoms with van der Waals surface area (Å²) in [6, 6.07) is 0. The monoisotopic (exact) mass is 1380 g/mol. The van der Waals surface area contributed by atoms with Crippen LogP contribution in [0.25, 0.3) is 0 Å². The van der Waals surface area contributed by atoms with Crippen LogP contribution in [0.5, 0.6) is 0 Å². The van der Waals surface area contributed by atoms with Crippen molar-refractivity contribution < 1.29 is 80.2 Å². The van der Waals surface area contributed by atoms with E-state index in [0.29, 0.717) is 31.6 Å². The van der Waals surface area contributed by atoms with Crippen LogP contribution in [0.1, 0.15) is 376 Å². The number of phosphoric acid groups is 2. The Labute approximate surface area is 575 Å². The largest absolute Gasteiger partial charge is 0.472 e. The van der Waals surface area contributed by atoms with Crippen LogP contribution < -0.4 is 0 Å². The Morgan fingerprint density at radius 2 is 0.447 bits per heavy atom. The van der Waals surface area contributed by atoms with Gasteiger partial charge in [0.2, 0.25) is 0 Å². The Bertz CT molecular complexity index is 1850. The Morgan fingerprint density at radius 1 is 0.266 bits per heavy atom. The molecular formula is C75H146O17P2. The molecule has 0 aliphatic carbocycles. The second kappa shape index (κ2) is 64.4. The van der Waals surface area contributed by atoms with Crippen molar-refractivity contribution in [2.75, 3.05) is 39.6 Å². The summed E-state index contributed by atoms with van der Waals surface area (Å²) in [6.45, 7) is 14.1. The summed E-state index contributed by atoms with van der Waals surface area (Å²) in [5.41, 5.74) is 0. The summed E-state index contributed by atoms with van der Waals surface area (Å²) in [4.78, 5) is 72.8. The van der Waals surface area contributed by atoms with E-state index >= 15 is 0 Å². The average Bonchev–Trinajstić information content (AvgIpc) is 3.42. The predicted molar refractivity (Wildman–Crippen MR) is 381 cm³/mol. The zero-order valence-electron chi connectivity index (χ0n) is 61.6. The lowest BCUT2D eigenvalue weighted by Crippen LogP contribution is -2.30. The smallest absolute Gasteiger partial charge is 0.462 e. The highest BCUT2D eigenvalue weighted by Crippen LogP contribution is 2.45. The van der Waals surface area contributed by atoms with Gasteiger partial charge in [-0.25, -0.2) is 9.13 Å². The van der Waals surface area contributed by atoms with E-state index in [1.54, 1.807) is 0 Å². The topological polar surface area (TPSA) is 237 Å². The highest BCUT2D eigenvalue weighted by Gasteiger charge is 2.30. The van der Waals surface area contributed by atoms with Gasteiger partial charge in [0.1, 0.15) is 19.3 Å². The molecule has 0 saturated carbocycles.